The van der Waals surface area contributed by atoms with Gasteiger partial charge in [-0.05, 0) is 25.7 Å². The third-order valence-electron chi connectivity index (χ3n) is 3.00. The molecule has 0 saturated carbocycles. The van der Waals surface area contributed by atoms with Crippen molar-refractivity contribution in [1.82, 2.24) is 10.3 Å². The van der Waals surface area contributed by atoms with Gasteiger partial charge in [-0.25, -0.2) is 4.98 Å². The van der Waals surface area contributed by atoms with Gasteiger partial charge in [0.15, 0.2) is 0 Å². The molecule has 0 radical (unpaired) electrons. The van der Waals surface area contributed by atoms with Crippen molar-refractivity contribution >= 4 is 5.91 Å². The van der Waals surface area contributed by atoms with Crippen LogP contribution in [0.1, 0.15) is 44.5 Å². The number of aromatic nitrogens is 1. The summed E-state index contributed by atoms with van der Waals surface area (Å²) in [5.41, 5.74) is 6.61. The third kappa shape index (κ3) is 5.03. The molecular formula is C14H25N3O2. The number of hydrogen-bond donors (Lipinski definition) is 2. The summed E-state index contributed by atoms with van der Waals surface area (Å²) < 4.78 is 5.42. The molecule has 108 valence electrons. The van der Waals surface area contributed by atoms with E-state index in [-0.39, 0.29) is 17.2 Å². The Morgan fingerprint density at radius 1 is 1.42 bits per heavy atom. The van der Waals surface area contributed by atoms with Crippen molar-refractivity contribution in [2.75, 3.05) is 6.54 Å². The number of nitrogens with two attached hydrogens (primary N) is 1. The first-order valence-electron chi connectivity index (χ1n) is 6.63. The number of amides is 1. The van der Waals surface area contributed by atoms with E-state index >= 15 is 0 Å². The van der Waals surface area contributed by atoms with Crippen molar-refractivity contribution in [3.8, 4) is 0 Å². The molecule has 1 rings (SSSR count). The molecule has 0 aliphatic heterocycles. The van der Waals surface area contributed by atoms with Crippen LogP contribution in [0, 0.1) is 25.2 Å². The van der Waals surface area contributed by atoms with Gasteiger partial charge in [-0.1, -0.05) is 20.8 Å². The van der Waals surface area contributed by atoms with Crippen molar-refractivity contribution in [1.29, 1.82) is 0 Å². The number of nitrogens with one attached hydrogen (secondary N) is 1. The molecule has 1 atom stereocenters. The zero-order valence-electron chi connectivity index (χ0n) is 12.5. The van der Waals surface area contributed by atoms with Gasteiger partial charge >= 0.3 is 0 Å². The molecule has 1 aromatic heterocycles. The summed E-state index contributed by atoms with van der Waals surface area (Å²) in [6.07, 6.45) is 0.763. The molecule has 0 spiro atoms. The first kappa shape index (κ1) is 15.7. The molecule has 0 aliphatic carbocycles. The predicted molar refractivity (Wildman–Crippen MR) is 74.4 cm³/mol. The zero-order chi connectivity index (χ0) is 14.6. The van der Waals surface area contributed by atoms with Crippen LogP contribution in [0.3, 0.4) is 0 Å². The minimum absolute atomic E-state index is 0.0362. The number of carbonyl (C=O) groups is 1. The van der Waals surface area contributed by atoms with Crippen molar-refractivity contribution in [2.24, 2.45) is 17.1 Å². The summed E-state index contributed by atoms with van der Waals surface area (Å²) in [6.45, 7) is 10.7. The first-order chi connectivity index (χ1) is 8.73. The fourth-order valence-corrected chi connectivity index (χ4v) is 1.94. The van der Waals surface area contributed by atoms with E-state index in [1.165, 1.54) is 0 Å². The lowest BCUT2D eigenvalue weighted by Crippen LogP contribution is -2.36. The number of carbonyl (C=O) groups excluding carboxylic acids is 1. The number of rotatable bonds is 5. The summed E-state index contributed by atoms with van der Waals surface area (Å²) in [5.74, 6) is 1.12. The van der Waals surface area contributed by atoms with E-state index in [0.29, 0.717) is 19.0 Å². The van der Waals surface area contributed by atoms with E-state index in [1.807, 2.05) is 13.8 Å². The Kier molecular flexibility index (Phi) is 5.11. The van der Waals surface area contributed by atoms with E-state index < -0.39 is 0 Å². The molecule has 0 aromatic carbocycles. The van der Waals surface area contributed by atoms with Gasteiger partial charge in [-0.2, -0.15) is 0 Å². The van der Waals surface area contributed by atoms with Crippen LogP contribution in [0.4, 0.5) is 0 Å². The monoisotopic (exact) mass is 267 g/mol. The second-order valence-electron chi connectivity index (χ2n) is 6.16. The Labute approximate surface area is 115 Å². The maximum Gasteiger partial charge on any atom is 0.224 e. The van der Waals surface area contributed by atoms with Crippen LogP contribution in [-0.4, -0.2) is 17.4 Å². The molecule has 1 heterocycles. The first-order valence-corrected chi connectivity index (χ1v) is 6.63. The fourth-order valence-electron chi connectivity index (χ4n) is 1.94. The average Bonchev–Trinajstić information content (AvgIpc) is 2.61. The lowest BCUT2D eigenvalue weighted by atomic mass is 9.84. The lowest BCUT2D eigenvalue weighted by molar-refractivity contribution is -0.125. The normalized spacial score (nSPS) is 13.4. The van der Waals surface area contributed by atoms with Gasteiger partial charge in [0.25, 0.3) is 0 Å². The highest BCUT2D eigenvalue weighted by atomic mass is 16.4. The number of aryl methyl sites for hydroxylation is 2. The quantitative estimate of drug-likeness (QED) is 0.854. The second-order valence-corrected chi connectivity index (χ2v) is 6.16. The molecular weight excluding hydrogens is 242 g/mol. The van der Waals surface area contributed by atoms with Crippen LogP contribution >= 0.6 is 0 Å². The molecule has 19 heavy (non-hydrogen) atoms. The van der Waals surface area contributed by atoms with Gasteiger partial charge in [-0.15, -0.1) is 0 Å². The van der Waals surface area contributed by atoms with Crippen molar-refractivity contribution in [3.05, 3.63) is 17.3 Å². The van der Waals surface area contributed by atoms with Crippen LogP contribution in [-0.2, 0) is 11.3 Å². The topological polar surface area (TPSA) is 81.2 Å². The van der Waals surface area contributed by atoms with Crippen LogP contribution < -0.4 is 11.1 Å². The highest BCUT2D eigenvalue weighted by Crippen LogP contribution is 2.24. The van der Waals surface area contributed by atoms with E-state index in [4.69, 9.17) is 10.2 Å². The Morgan fingerprint density at radius 3 is 2.47 bits per heavy atom. The average molecular weight is 267 g/mol. The van der Waals surface area contributed by atoms with E-state index in [2.05, 4.69) is 31.1 Å². The van der Waals surface area contributed by atoms with Gasteiger partial charge < -0.3 is 15.5 Å². The van der Waals surface area contributed by atoms with Gasteiger partial charge in [-0.3, -0.25) is 4.79 Å². The summed E-state index contributed by atoms with van der Waals surface area (Å²) >= 11 is 0. The van der Waals surface area contributed by atoms with E-state index in [0.717, 1.165) is 17.9 Å². The third-order valence-corrected chi connectivity index (χ3v) is 3.00. The number of oxazole rings is 1. The molecule has 0 bridgehead atoms. The molecule has 5 nitrogen and oxygen atoms in total. The molecule has 0 saturated heterocycles. The molecule has 1 unspecified atom stereocenters. The maximum absolute atomic E-state index is 12.1. The summed E-state index contributed by atoms with van der Waals surface area (Å²) in [4.78, 5) is 16.3. The number of nitrogens with zero attached hydrogens (tertiary/aromatic N) is 1. The molecule has 0 aliphatic rings. The lowest BCUT2D eigenvalue weighted by Gasteiger charge is -2.24. The Morgan fingerprint density at radius 2 is 2.05 bits per heavy atom. The molecule has 1 aromatic rings. The fraction of sp³-hybridized carbons (Fsp3) is 0.714. The molecule has 5 heteroatoms. The van der Waals surface area contributed by atoms with Gasteiger partial charge in [0, 0.05) is 6.54 Å². The van der Waals surface area contributed by atoms with Crippen molar-refractivity contribution in [2.45, 2.75) is 47.6 Å². The summed E-state index contributed by atoms with van der Waals surface area (Å²) in [5, 5.41) is 2.84. The van der Waals surface area contributed by atoms with Gasteiger partial charge in [0.2, 0.25) is 11.8 Å². The standard InChI is InChI=1S/C14H25N3O2/c1-9-10(2)19-12(17-9)8-16-13(18)11(7-15)6-14(3,4)5/h11H,6-8,15H2,1-5H3,(H,16,18). The van der Waals surface area contributed by atoms with E-state index in [9.17, 15) is 4.79 Å². The molecule has 3 N–H and O–H groups in total. The highest BCUT2D eigenvalue weighted by molar-refractivity contribution is 5.78. The Hall–Kier alpha value is -1.36. The second kappa shape index (κ2) is 6.19. The Balaban J connectivity index is 2.53. The minimum Gasteiger partial charge on any atom is -0.444 e. The van der Waals surface area contributed by atoms with Gasteiger partial charge in [0.1, 0.15) is 5.76 Å². The highest BCUT2D eigenvalue weighted by Gasteiger charge is 2.23. The number of hydrogen-bond acceptors (Lipinski definition) is 4. The Bertz CT molecular complexity index is 413. The molecule has 1 amide bonds. The van der Waals surface area contributed by atoms with Crippen LogP contribution in [0.15, 0.2) is 4.42 Å². The van der Waals surface area contributed by atoms with Crippen LogP contribution in [0.25, 0.3) is 0 Å². The summed E-state index contributed by atoms with van der Waals surface area (Å²) in [7, 11) is 0. The zero-order valence-corrected chi connectivity index (χ0v) is 12.5. The maximum atomic E-state index is 12.1. The van der Waals surface area contributed by atoms with Crippen molar-refractivity contribution in [3.63, 3.8) is 0 Å². The SMILES string of the molecule is Cc1nc(CNC(=O)C(CN)CC(C)(C)C)oc1C. The van der Waals surface area contributed by atoms with Crippen LogP contribution in [0.5, 0.6) is 0 Å². The predicted octanol–water partition coefficient (Wildman–Crippen LogP) is 1.92. The van der Waals surface area contributed by atoms with Crippen molar-refractivity contribution < 1.29 is 9.21 Å². The van der Waals surface area contributed by atoms with E-state index in [1.54, 1.807) is 0 Å². The summed E-state index contributed by atoms with van der Waals surface area (Å²) in [6, 6.07) is 0. The minimum atomic E-state index is -0.169. The molecule has 0 fully saturated rings. The van der Waals surface area contributed by atoms with Crippen LogP contribution in [0.2, 0.25) is 0 Å². The largest absolute Gasteiger partial charge is 0.444 e. The smallest absolute Gasteiger partial charge is 0.224 e. The van der Waals surface area contributed by atoms with Gasteiger partial charge in [0.05, 0.1) is 18.2 Å².